The molecule has 0 saturated carbocycles. The Morgan fingerprint density at radius 3 is 1.88 bits per heavy atom. The molecule has 0 aliphatic carbocycles. The second-order valence-electron chi connectivity index (χ2n) is 1.85. The summed E-state index contributed by atoms with van der Waals surface area (Å²) in [6, 6.07) is 0. The number of hydrogen-bond acceptors (Lipinski definition) is 1. The van der Waals surface area contributed by atoms with Crippen LogP contribution in [0.2, 0.25) is 0 Å². The van der Waals surface area contributed by atoms with Crippen LogP contribution >= 0.6 is 12.2 Å². The highest BCUT2D eigenvalue weighted by molar-refractivity contribution is 7.80. The lowest BCUT2D eigenvalue weighted by Crippen LogP contribution is -2.08. The molecule has 0 aliphatic rings. The third kappa shape index (κ3) is 2.26. The first-order chi connectivity index (χ1) is 3.72. The molecule has 0 aromatic rings. The summed E-state index contributed by atoms with van der Waals surface area (Å²) < 4.78 is 0. The van der Waals surface area contributed by atoms with Gasteiger partial charge in [-0.3, -0.25) is 0 Å². The van der Waals surface area contributed by atoms with E-state index in [9.17, 15) is 0 Å². The predicted molar refractivity (Wildman–Crippen MR) is 39.3 cm³/mol. The summed E-state index contributed by atoms with van der Waals surface area (Å²) in [6.07, 6.45) is 1.90. The Balaban J connectivity index is 3.52. The largest absolute Gasteiger partial charge is 0.502 e. The minimum atomic E-state index is 0.162. The standard InChI is InChI=1S/C6H12OS/c1-3-5(4-2)6(7)8/h5H,3-4H2,1-2H3,(H,7,8). The normalized spacial score (nSPS) is 9.88. The van der Waals surface area contributed by atoms with Crippen molar-refractivity contribution in [1.82, 2.24) is 0 Å². The molecule has 0 fully saturated rings. The van der Waals surface area contributed by atoms with E-state index in [1.165, 1.54) is 0 Å². The molecule has 0 unspecified atom stereocenters. The van der Waals surface area contributed by atoms with Crippen LogP contribution in [-0.4, -0.2) is 10.2 Å². The zero-order valence-corrected chi connectivity index (χ0v) is 6.16. The van der Waals surface area contributed by atoms with Gasteiger partial charge in [-0.25, -0.2) is 0 Å². The Labute approximate surface area is 55.7 Å². The van der Waals surface area contributed by atoms with E-state index in [-0.39, 0.29) is 11.0 Å². The molecule has 0 rings (SSSR count). The highest BCUT2D eigenvalue weighted by Crippen LogP contribution is 2.07. The summed E-state index contributed by atoms with van der Waals surface area (Å²) in [7, 11) is 0. The van der Waals surface area contributed by atoms with Gasteiger partial charge in [-0.2, -0.15) is 0 Å². The van der Waals surface area contributed by atoms with Gasteiger partial charge in [0.25, 0.3) is 0 Å². The van der Waals surface area contributed by atoms with Gasteiger partial charge >= 0.3 is 0 Å². The average Bonchev–Trinajstić information content (AvgIpc) is 1.69. The minimum Gasteiger partial charge on any atom is -0.502 e. The van der Waals surface area contributed by atoms with E-state index in [4.69, 9.17) is 5.11 Å². The highest BCUT2D eigenvalue weighted by atomic mass is 32.1. The number of rotatable bonds is 3. The Hall–Kier alpha value is -0.110. The summed E-state index contributed by atoms with van der Waals surface area (Å²) >= 11 is 4.57. The lowest BCUT2D eigenvalue weighted by atomic mass is 10.1. The molecule has 1 N–H and O–H groups in total. The predicted octanol–water partition coefficient (Wildman–Crippen LogP) is 2.31. The molecule has 48 valence electrons. The van der Waals surface area contributed by atoms with Crippen molar-refractivity contribution in [3.05, 3.63) is 0 Å². The summed E-state index contributed by atoms with van der Waals surface area (Å²) in [5.74, 6) is 0.241. The molecular weight excluding hydrogens is 120 g/mol. The van der Waals surface area contributed by atoms with E-state index in [0.29, 0.717) is 0 Å². The lowest BCUT2D eigenvalue weighted by molar-refractivity contribution is 0.480. The molecule has 2 heteroatoms. The number of hydrogen-bond donors (Lipinski definition) is 1. The molecule has 0 spiro atoms. The summed E-state index contributed by atoms with van der Waals surface area (Å²) in [5, 5.41) is 8.91. The van der Waals surface area contributed by atoms with E-state index in [1.807, 2.05) is 13.8 Å². The molecule has 0 amide bonds. The van der Waals surface area contributed by atoms with E-state index < -0.39 is 0 Å². The van der Waals surface area contributed by atoms with Gasteiger partial charge in [0.15, 0.2) is 5.05 Å². The minimum absolute atomic E-state index is 0.162. The highest BCUT2D eigenvalue weighted by Gasteiger charge is 2.05. The van der Waals surface area contributed by atoms with Crippen LogP contribution in [-0.2, 0) is 0 Å². The maximum Gasteiger partial charge on any atom is 0.159 e. The maximum absolute atomic E-state index is 8.74. The van der Waals surface area contributed by atoms with Crippen LogP contribution in [0.1, 0.15) is 26.7 Å². The fraction of sp³-hybridized carbons (Fsp3) is 0.833. The number of aliphatic hydroxyl groups excluding tert-OH is 1. The first-order valence-electron chi connectivity index (χ1n) is 2.95. The monoisotopic (exact) mass is 132 g/mol. The van der Waals surface area contributed by atoms with Crippen molar-refractivity contribution >= 4 is 17.3 Å². The van der Waals surface area contributed by atoms with E-state index in [2.05, 4.69) is 12.2 Å². The van der Waals surface area contributed by atoms with Crippen molar-refractivity contribution in [2.75, 3.05) is 0 Å². The zero-order chi connectivity index (χ0) is 6.57. The number of thiocarbonyl (C=S) groups is 1. The third-order valence-electron chi connectivity index (χ3n) is 1.33. The Morgan fingerprint density at radius 2 is 1.88 bits per heavy atom. The maximum atomic E-state index is 8.74. The van der Waals surface area contributed by atoms with Crippen LogP contribution in [0.4, 0.5) is 0 Å². The van der Waals surface area contributed by atoms with Crippen LogP contribution in [0, 0.1) is 5.92 Å². The van der Waals surface area contributed by atoms with E-state index in [1.54, 1.807) is 0 Å². The first kappa shape index (κ1) is 7.89. The van der Waals surface area contributed by atoms with Crippen molar-refractivity contribution in [2.45, 2.75) is 26.7 Å². The van der Waals surface area contributed by atoms with Crippen LogP contribution in [0.15, 0.2) is 0 Å². The van der Waals surface area contributed by atoms with Crippen molar-refractivity contribution < 1.29 is 5.11 Å². The second-order valence-corrected chi connectivity index (χ2v) is 2.27. The molecule has 8 heavy (non-hydrogen) atoms. The second kappa shape index (κ2) is 3.84. The van der Waals surface area contributed by atoms with Gasteiger partial charge in [0.05, 0.1) is 0 Å². The van der Waals surface area contributed by atoms with Gasteiger partial charge in [0.2, 0.25) is 0 Å². The zero-order valence-electron chi connectivity index (χ0n) is 5.35. The summed E-state index contributed by atoms with van der Waals surface area (Å²) in [5.41, 5.74) is 0. The van der Waals surface area contributed by atoms with Gasteiger partial charge in [-0.1, -0.05) is 13.8 Å². The van der Waals surface area contributed by atoms with Gasteiger partial charge in [-0.05, 0) is 25.1 Å². The molecule has 0 bridgehead atoms. The van der Waals surface area contributed by atoms with Crippen molar-refractivity contribution in [2.24, 2.45) is 5.92 Å². The molecular formula is C6H12OS. The van der Waals surface area contributed by atoms with Gasteiger partial charge in [0, 0.05) is 5.92 Å². The SMILES string of the molecule is CCC(CC)C(O)=S. The molecule has 0 saturated heterocycles. The van der Waals surface area contributed by atoms with E-state index >= 15 is 0 Å². The number of aliphatic hydroxyl groups is 1. The molecule has 0 aromatic heterocycles. The fourth-order valence-electron chi connectivity index (χ4n) is 0.638. The summed E-state index contributed by atoms with van der Waals surface area (Å²) in [4.78, 5) is 0. The quantitative estimate of drug-likeness (QED) is 0.595. The van der Waals surface area contributed by atoms with Gasteiger partial charge in [-0.15, -0.1) is 0 Å². The molecule has 0 radical (unpaired) electrons. The molecule has 0 atom stereocenters. The van der Waals surface area contributed by atoms with Crippen LogP contribution in [0.25, 0.3) is 0 Å². The van der Waals surface area contributed by atoms with Crippen molar-refractivity contribution in [3.8, 4) is 0 Å². The third-order valence-corrected chi connectivity index (χ3v) is 1.67. The Morgan fingerprint density at radius 1 is 1.50 bits per heavy atom. The average molecular weight is 132 g/mol. The smallest absolute Gasteiger partial charge is 0.159 e. The van der Waals surface area contributed by atoms with Gasteiger partial charge < -0.3 is 5.11 Å². The molecule has 0 aliphatic heterocycles. The Kier molecular flexibility index (Phi) is 3.79. The van der Waals surface area contributed by atoms with E-state index in [0.717, 1.165) is 12.8 Å². The van der Waals surface area contributed by atoms with Crippen LogP contribution in [0.5, 0.6) is 0 Å². The Bertz CT molecular complexity index is 76.6. The van der Waals surface area contributed by atoms with Crippen molar-refractivity contribution in [3.63, 3.8) is 0 Å². The first-order valence-corrected chi connectivity index (χ1v) is 3.36. The lowest BCUT2D eigenvalue weighted by Gasteiger charge is -2.05. The molecule has 1 nitrogen and oxygen atoms in total. The van der Waals surface area contributed by atoms with Crippen molar-refractivity contribution in [1.29, 1.82) is 0 Å². The van der Waals surface area contributed by atoms with Gasteiger partial charge in [0.1, 0.15) is 0 Å². The molecule has 0 heterocycles. The summed E-state index contributed by atoms with van der Waals surface area (Å²) in [6.45, 7) is 4.05. The van der Waals surface area contributed by atoms with Crippen LogP contribution < -0.4 is 0 Å². The molecule has 0 aromatic carbocycles. The fourth-order valence-corrected chi connectivity index (χ4v) is 0.971. The van der Waals surface area contributed by atoms with Crippen LogP contribution in [0.3, 0.4) is 0 Å². The topological polar surface area (TPSA) is 20.2 Å².